The fourth-order valence-electron chi connectivity index (χ4n) is 4.05. The van der Waals surface area contributed by atoms with Gasteiger partial charge in [-0.3, -0.25) is 10.2 Å². The molecule has 2 aliphatic rings. The number of urea groups is 1. The molecular formula is C22H26N6O3S. The molecule has 0 saturated carbocycles. The number of benzene rings is 1. The molecule has 2 amide bonds. The lowest BCUT2D eigenvalue weighted by Gasteiger charge is -2.33. The second-order valence-electron chi connectivity index (χ2n) is 8.03. The molecule has 1 aliphatic heterocycles. The summed E-state index contributed by atoms with van der Waals surface area (Å²) in [5, 5.41) is 7.80. The van der Waals surface area contributed by atoms with Crippen molar-refractivity contribution in [1.29, 1.82) is 0 Å². The van der Waals surface area contributed by atoms with E-state index < -0.39 is 0 Å². The van der Waals surface area contributed by atoms with Crippen LogP contribution in [0.3, 0.4) is 0 Å². The first-order valence-corrected chi connectivity index (χ1v) is 11.7. The van der Waals surface area contributed by atoms with Gasteiger partial charge in [0.15, 0.2) is 5.13 Å². The molecule has 0 spiro atoms. The number of nitrogens with one attached hydrogen (secondary N) is 1. The number of ether oxygens (including phenoxy) is 1. The Morgan fingerprint density at radius 3 is 2.66 bits per heavy atom. The number of carbonyl (C=O) groups is 1. The van der Waals surface area contributed by atoms with Gasteiger partial charge < -0.3 is 14.2 Å². The maximum atomic E-state index is 12.7. The zero-order valence-electron chi connectivity index (χ0n) is 18.0. The number of hydrogen-bond donors (Lipinski definition) is 1. The molecule has 1 fully saturated rings. The Bertz CT molecular complexity index is 1050. The molecule has 0 atom stereocenters. The molecule has 3 aromatic rings. The van der Waals surface area contributed by atoms with E-state index in [0.29, 0.717) is 31.3 Å². The standard InChI is InChI=1S/C22H26N6O3S/c1-30-16-8-6-15(7-9-16)20-24-19(31-26-20)14-27-10-12-28(13-11-27)22(29)25-21-23-17-4-2-3-5-18(17)32-21/h6-9H,2-5,10-14H2,1H3,(H,23,25,29). The van der Waals surface area contributed by atoms with Crippen LogP contribution in [-0.2, 0) is 19.4 Å². The fraction of sp³-hybridized carbons (Fsp3) is 0.455. The monoisotopic (exact) mass is 454 g/mol. The molecule has 1 N–H and O–H groups in total. The largest absolute Gasteiger partial charge is 0.497 e. The highest BCUT2D eigenvalue weighted by Crippen LogP contribution is 2.29. The Hall–Kier alpha value is -2.98. The Labute approximate surface area is 190 Å². The molecule has 1 aliphatic carbocycles. The average Bonchev–Trinajstić information content (AvgIpc) is 3.46. The van der Waals surface area contributed by atoms with Gasteiger partial charge in [-0.1, -0.05) is 5.16 Å². The fourth-order valence-corrected chi connectivity index (χ4v) is 5.09. The first-order valence-electron chi connectivity index (χ1n) is 10.9. The van der Waals surface area contributed by atoms with E-state index in [0.717, 1.165) is 48.1 Å². The van der Waals surface area contributed by atoms with E-state index in [2.05, 4.69) is 25.3 Å². The van der Waals surface area contributed by atoms with Gasteiger partial charge in [0.1, 0.15) is 5.75 Å². The molecule has 32 heavy (non-hydrogen) atoms. The zero-order valence-corrected chi connectivity index (χ0v) is 18.9. The van der Waals surface area contributed by atoms with Crippen molar-refractivity contribution in [2.24, 2.45) is 0 Å². The Balaban J connectivity index is 1.12. The Morgan fingerprint density at radius 2 is 1.91 bits per heavy atom. The number of piperazine rings is 1. The average molecular weight is 455 g/mol. The van der Waals surface area contributed by atoms with Crippen molar-refractivity contribution in [1.82, 2.24) is 24.9 Å². The van der Waals surface area contributed by atoms with Crippen LogP contribution in [0.15, 0.2) is 28.8 Å². The minimum atomic E-state index is -0.0738. The van der Waals surface area contributed by atoms with Crippen LogP contribution in [0.2, 0.25) is 0 Å². The quantitative estimate of drug-likeness (QED) is 0.631. The Morgan fingerprint density at radius 1 is 1.12 bits per heavy atom. The summed E-state index contributed by atoms with van der Waals surface area (Å²) in [6.45, 7) is 3.37. The van der Waals surface area contributed by atoms with Crippen LogP contribution >= 0.6 is 11.3 Å². The third-order valence-corrected chi connectivity index (χ3v) is 6.97. The number of nitrogens with zero attached hydrogens (tertiary/aromatic N) is 5. The van der Waals surface area contributed by atoms with E-state index in [1.165, 1.54) is 17.7 Å². The lowest BCUT2D eigenvalue weighted by Crippen LogP contribution is -2.49. The van der Waals surface area contributed by atoms with E-state index in [9.17, 15) is 4.79 Å². The molecule has 168 valence electrons. The highest BCUT2D eigenvalue weighted by atomic mass is 32.1. The summed E-state index contributed by atoms with van der Waals surface area (Å²) in [5.74, 6) is 1.92. The summed E-state index contributed by atoms with van der Waals surface area (Å²) in [4.78, 5) is 27.2. The SMILES string of the molecule is COc1ccc(-c2noc(CN3CCN(C(=O)Nc4nc5c(s4)CCCC5)CC3)n2)cc1. The summed E-state index contributed by atoms with van der Waals surface area (Å²) >= 11 is 1.62. The Kier molecular flexibility index (Phi) is 6.04. The molecule has 2 aromatic heterocycles. The van der Waals surface area contributed by atoms with Crippen LogP contribution in [0.25, 0.3) is 11.4 Å². The van der Waals surface area contributed by atoms with Crippen LogP contribution < -0.4 is 10.1 Å². The number of aryl methyl sites for hydroxylation is 2. The number of fused-ring (bicyclic) bond motifs is 1. The molecule has 1 saturated heterocycles. The predicted molar refractivity (Wildman–Crippen MR) is 121 cm³/mol. The topological polar surface area (TPSA) is 96.6 Å². The summed E-state index contributed by atoms with van der Waals surface area (Å²) in [6, 6.07) is 7.48. The number of hydrogen-bond acceptors (Lipinski definition) is 8. The molecule has 5 rings (SSSR count). The number of methoxy groups -OCH3 is 1. The third-order valence-electron chi connectivity index (χ3n) is 5.89. The van der Waals surface area contributed by atoms with Crippen molar-refractivity contribution in [3.8, 4) is 17.1 Å². The first kappa shape index (κ1) is 20.9. The van der Waals surface area contributed by atoms with Crippen LogP contribution in [0, 0.1) is 0 Å². The number of carbonyl (C=O) groups excluding carboxylic acids is 1. The summed E-state index contributed by atoms with van der Waals surface area (Å²) in [6.07, 6.45) is 4.51. The number of amides is 2. The van der Waals surface area contributed by atoms with Crippen LogP contribution in [-0.4, -0.2) is 64.2 Å². The maximum Gasteiger partial charge on any atom is 0.323 e. The molecule has 0 bridgehead atoms. The number of anilines is 1. The summed E-state index contributed by atoms with van der Waals surface area (Å²) in [5.41, 5.74) is 2.04. The third kappa shape index (κ3) is 4.61. The number of thiazole rings is 1. The minimum Gasteiger partial charge on any atom is -0.497 e. The van der Waals surface area contributed by atoms with Gasteiger partial charge in [0, 0.05) is 36.6 Å². The second kappa shape index (κ2) is 9.25. The van der Waals surface area contributed by atoms with Gasteiger partial charge >= 0.3 is 6.03 Å². The van der Waals surface area contributed by atoms with Crippen molar-refractivity contribution in [2.45, 2.75) is 32.2 Å². The molecule has 0 unspecified atom stereocenters. The molecule has 3 heterocycles. The molecular weight excluding hydrogens is 428 g/mol. The summed E-state index contributed by atoms with van der Waals surface area (Å²) < 4.78 is 10.6. The highest BCUT2D eigenvalue weighted by molar-refractivity contribution is 7.15. The van der Waals surface area contributed by atoms with Crippen molar-refractivity contribution < 1.29 is 14.1 Å². The van der Waals surface area contributed by atoms with E-state index in [1.807, 2.05) is 29.2 Å². The lowest BCUT2D eigenvalue weighted by atomic mass is 10.0. The van der Waals surface area contributed by atoms with E-state index in [1.54, 1.807) is 18.4 Å². The van der Waals surface area contributed by atoms with Gasteiger partial charge in [-0.05, 0) is 49.9 Å². The predicted octanol–water partition coefficient (Wildman–Crippen LogP) is 3.43. The van der Waals surface area contributed by atoms with Crippen molar-refractivity contribution in [3.05, 3.63) is 40.7 Å². The van der Waals surface area contributed by atoms with E-state index in [-0.39, 0.29) is 6.03 Å². The smallest absolute Gasteiger partial charge is 0.323 e. The maximum absolute atomic E-state index is 12.7. The molecule has 0 radical (unpaired) electrons. The van der Waals surface area contributed by atoms with Gasteiger partial charge in [-0.2, -0.15) is 4.98 Å². The van der Waals surface area contributed by atoms with Gasteiger partial charge in [0.2, 0.25) is 11.7 Å². The zero-order chi connectivity index (χ0) is 21.9. The van der Waals surface area contributed by atoms with Gasteiger partial charge in [0.25, 0.3) is 0 Å². The highest BCUT2D eigenvalue weighted by Gasteiger charge is 2.24. The number of aromatic nitrogens is 3. The van der Waals surface area contributed by atoms with Crippen LogP contribution in [0.5, 0.6) is 5.75 Å². The first-order chi connectivity index (χ1) is 15.7. The second-order valence-corrected chi connectivity index (χ2v) is 9.11. The normalized spacial score (nSPS) is 16.6. The van der Waals surface area contributed by atoms with Crippen LogP contribution in [0.4, 0.5) is 9.93 Å². The molecule has 10 heteroatoms. The van der Waals surface area contributed by atoms with E-state index >= 15 is 0 Å². The van der Waals surface area contributed by atoms with Gasteiger partial charge in [0.05, 0.1) is 19.3 Å². The summed E-state index contributed by atoms with van der Waals surface area (Å²) in [7, 11) is 1.64. The van der Waals surface area contributed by atoms with Crippen molar-refractivity contribution >= 4 is 22.5 Å². The molecule has 9 nitrogen and oxygen atoms in total. The van der Waals surface area contributed by atoms with E-state index in [4.69, 9.17) is 9.26 Å². The minimum absolute atomic E-state index is 0.0738. The van der Waals surface area contributed by atoms with Gasteiger partial charge in [-0.15, -0.1) is 11.3 Å². The van der Waals surface area contributed by atoms with Crippen molar-refractivity contribution in [3.63, 3.8) is 0 Å². The lowest BCUT2D eigenvalue weighted by molar-refractivity contribution is 0.133. The number of rotatable bonds is 5. The van der Waals surface area contributed by atoms with Crippen LogP contribution in [0.1, 0.15) is 29.3 Å². The van der Waals surface area contributed by atoms with Crippen molar-refractivity contribution in [2.75, 3.05) is 38.6 Å². The molecule has 1 aromatic carbocycles. The van der Waals surface area contributed by atoms with Gasteiger partial charge in [-0.25, -0.2) is 9.78 Å².